The molecule has 5 heteroatoms. The van der Waals surface area contributed by atoms with E-state index in [0.717, 1.165) is 20.7 Å². The molecule has 1 aromatic heterocycles. The molecule has 1 aromatic carbocycles. The van der Waals surface area contributed by atoms with Gasteiger partial charge in [0.2, 0.25) is 0 Å². The third kappa shape index (κ3) is 1.90. The number of anilines is 1. The molecular formula is C12H10BrN3S. The summed E-state index contributed by atoms with van der Waals surface area (Å²) in [5.41, 5.74) is 8.36. The number of nitrogens with two attached hydrogens (primary N) is 1. The zero-order chi connectivity index (χ0) is 11.8. The van der Waals surface area contributed by atoms with E-state index in [1.807, 2.05) is 40.6 Å². The molecule has 3 rings (SSSR count). The molecule has 17 heavy (non-hydrogen) atoms. The first-order chi connectivity index (χ1) is 8.25. The van der Waals surface area contributed by atoms with Crippen molar-refractivity contribution in [2.24, 2.45) is 10.7 Å². The Kier molecular flexibility index (Phi) is 2.74. The summed E-state index contributed by atoms with van der Waals surface area (Å²) in [4.78, 5) is 6.39. The summed E-state index contributed by atoms with van der Waals surface area (Å²) >= 11 is 5.08. The standard InChI is InChI=1S/C12H10BrN3S/c13-8-2-1-3-9(6-8)16-7-15-12-10(11(16)14)4-5-17-12/h1-7,11H,14H2/t11-/m0/s1. The summed E-state index contributed by atoms with van der Waals surface area (Å²) in [6.45, 7) is 0. The maximum absolute atomic E-state index is 6.24. The Morgan fingerprint density at radius 3 is 3.06 bits per heavy atom. The number of rotatable bonds is 1. The highest BCUT2D eigenvalue weighted by molar-refractivity contribution is 9.10. The van der Waals surface area contributed by atoms with Gasteiger partial charge in [0.1, 0.15) is 11.2 Å². The van der Waals surface area contributed by atoms with Crippen LogP contribution in [0.4, 0.5) is 10.7 Å². The summed E-state index contributed by atoms with van der Waals surface area (Å²) in [5.74, 6) is 0. The lowest BCUT2D eigenvalue weighted by molar-refractivity contribution is 0.754. The molecule has 0 aliphatic carbocycles. The Hall–Kier alpha value is -1.17. The van der Waals surface area contributed by atoms with Gasteiger partial charge in [-0.15, -0.1) is 11.3 Å². The number of aliphatic imine (C=N–C) groups is 1. The summed E-state index contributed by atoms with van der Waals surface area (Å²) < 4.78 is 1.03. The fourth-order valence-electron chi connectivity index (χ4n) is 1.84. The molecule has 2 N–H and O–H groups in total. The molecule has 3 nitrogen and oxygen atoms in total. The molecule has 0 amide bonds. The smallest absolute Gasteiger partial charge is 0.124 e. The first kappa shape index (κ1) is 11.0. The molecule has 2 heterocycles. The molecule has 0 fully saturated rings. The maximum atomic E-state index is 6.24. The van der Waals surface area contributed by atoms with Crippen molar-refractivity contribution in [1.82, 2.24) is 0 Å². The molecule has 0 spiro atoms. The number of hydrogen-bond acceptors (Lipinski definition) is 4. The zero-order valence-electron chi connectivity index (χ0n) is 8.88. The Labute approximate surface area is 112 Å². The molecule has 2 aromatic rings. The van der Waals surface area contributed by atoms with Crippen molar-refractivity contribution in [1.29, 1.82) is 0 Å². The summed E-state index contributed by atoms with van der Waals surface area (Å²) in [7, 11) is 0. The minimum atomic E-state index is -0.164. The van der Waals surface area contributed by atoms with Gasteiger partial charge in [0, 0.05) is 15.7 Å². The van der Waals surface area contributed by atoms with Crippen molar-refractivity contribution < 1.29 is 0 Å². The Balaban J connectivity index is 2.01. The lowest BCUT2D eigenvalue weighted by atomic mass is 10.2. The van der Waals surface area contributed by atoms with Gasteiger partial charge < -0.3 is 10.6 Å². The predicted molar refractivity (Wildman–Crippen MR) is 76.0 cm³/mol. The summed E-state index contributed by atoms with van der Waals surface area (Å²) in [6.07, 6.45) is 1.63. The number of fused-ring (bicyclic) bond motifs is 1. The minimum Gasteiger partial charge on any atom is -0.312 e. The van der Waals surface area contributed by atoms with E-state index in [0.29, 0.717) is 0 Å². The van der Waals surface area contributed by atoms with E-state index in [9.17, 15) is 0 Å². The average Bonchev–Trinajstić information content (AvgIpc) is 2.78. The number of benzene rings is 1. The minimum absolute atomic E-state index is 0.164. The lowest BCUT2D eigenvalue weighted by Gasteiger charge is -2.29. The van der Waals surface area contributed by atoms with E-state index in [1.54, 1.807) is 17.7 Å². The van der Waals surface area contributed by atoms with E-state index < -0.39 is 0 Å². The SMILES string of the molecule is N[C@@H]1c2ccsc2N=CN1c1cccc(Br)c1. The molecule has 1 aliphatic heterocycles. The quantitative estimate of drug-likeness (QED) is 0.874. The van der Waals surface area contributed by atoms with E-state index in [4.69, 9.17) is 5.73 Å². The number of halogens is 1. The van der Waals surface area contributed by atoms with Gasteiger partial charge in [-0.1, -0.05) is 22.0 Å². The zero-order valence-corrected chi connectivity index (χ0v) is 11.3. The topological polar surface area (TPSA) is 41.6 Å². The number of thiophene rings is 1. The largest absolute Gasteiger partial charge is 0.312 e. The molecular weight excluding hydrogens is 298 g/mol. The van der Waals surface area contributed by atoms with Crippen molar-refractivity contribution >= 4 is 44.3 Å². The molecule has 0 radical (unpaired) electrons. The molecule has 86 valence electrons. The van der Waals surface area contributed by atoms with E-state index in [-0.39, 0.29) is 6.17 Å². The van der Waals surface area contributed by atoms with Gasteiger partial charge in [0.05, 0.1) is 6.34 Å². The second-order valence-corrected chi connectivity index (χ2v) is 5.57. The second-order valence-electron chi connectivity index (χ2n) is 3.76. The highest BCUT2D eigenvalue weighted by Crippen LogP contribution is 2.37. The van der Waals surface area contributed by atoms with Crippen LogP contribution in [0.5, 0.6) is 0 Å². The molecule has 0 unspecified atom stereocenters. The normalized spacial score (nSPS) is 18.2. The fraction of sp³-hybridized carbons (Fsp3) is 0.0833. The molecule has 1 atom stereocenters. The molecule has 1 aliphatic rings. The summed E-state index contributed by atoms with van der Waals surface area (Å²) in [6, 6.07) is 10.1. The highest BCUT2D eigenvalue weighted by atomic mass is 79.9. The van der Waals surface area contributed by atoms with Crippen LogP contribution in [0.25, 0.3) is 0 Å². The molecule has 0 bridgehead atoms. The fourth-order valence-corrected chi connectivity index (χ4v) is 3.01. The third-order valence-corrected chi connectivity index (χ3v) is 4.03. The molecule has 0 saturated carbocycles. The number of nitrogens with zero attached hydrogens (tertiary/aromatic N) is 2. The number of hydrogen-bond donors (Lipinski definition) is 1. The van der Waals surface area contributed by atoms with Crippen LogP contribution in [0.1, 0.15) is 11.7 Å². The van der Waals surface area contributed by atoms with E-state index >= 15 is 0 Å². The first-order valence-corrected chi connectivity index (χ1v) is 6.84. The second kappa shape index (κ2) is 4.25. The van der Waals surface area contributed by atoms with E-state index in [1.165, 1.54) is 0 Å². The summed E-state index contributed by atoms with van der Waals surface area (Å²) in [5, 5.41) is 3.02. The van der Waals surface area contributed by atoms with Crippen molar-refractivity contribution in [2.45, 2.75) is 6.17 Å². The van der Waals surface area contributed by atoms with Crippen LogP contribution in [-0.2, 0) is 0 Å². The van der Waals surface area contributed by atoms with Gasteiger partial charge in [-0.05, 0) is 29.6 Å². The van der Waals surface area contributed by atoms with Crippen LogP contribution in [0.15, 0.2) is 45.2 Å². The molecule has 0 saturated heterocycles. The van der Waals surface area contributed by atoms with Crippen LogP contribution in [-0.4, -0.2) is 6.34 Å². The monoisotopic (exact) mass is 307 g/mol. The third-order valence-electron chi connectivity index (χ3n) is 2.70. The van der Waals surface area contributed by atoms with Crippen LogP contribution >= 0.6 is 27.3 Å². The van der Waals surface area contributed by atoms with Crippen molar-refractivity contribution in [3.8, 4) is 0 Å². The van der Waals surface area contributed by atoms with Gasteiger partial charge in [-0.25, -0.2) is 4.99 Å². The average molecular weight is 308 g/mol. The van der Waals surface area contributed by atoms with Crippen molar-refractivity contribution in [3.05, 3.63) is 45.7 Å². The van der Waals surface area contributed by atoms with Crippen molar-refractivity contribution in [2.75, 3.05) is 4.90 Å². The van der Waals surface area contributed by atoms with Crippen LogP contribution in [0, 0.1) is 0 Å². The first-order valence-electron chi connectivity index (χ1n) is 5.17. The maximum Gasteiger partial charge on any atom is 0.124 e. The van der Waals surface area contributed by atoms with Gasteiger partial charge in [0.15, 0.2) is 0 Å². The van der Waals surface area contributed by atoms with Crippen LogP contribution < -0.4 is 10.6 Å². The van der Waals surface area contributed by atoms with Gasteiger partial charge in [-0.3, -0.25) is 0 Å². The van der Waals surface area contributed by atoms with Gasteiger partial charge >= 0.3 is 0 Å². The van der Waals surface area contributed by atoms with Crippen LogP contribution in [0.3, 0.4) is 0 Å². The highest BCUT2D eigenvalue weighted by Gasteiger charge is 2.22. The van der Waals surface area contributed by atoms with E-state index in [2.05, 4.69) is 20.9 Å². The van der Waals surface area contributed by atoms with Crippen molar-refractivity contribution in [3.63, 3.8) is 0 Å². The van der Waals surface area contributed by atoms with Gasteiger partial charge in [0.25, 0.3) is 0 Å². The Morgan fingerprint density at radius 1 is 1.35 bits per heavy atom. The van der Waals surface area contributed by atoms with Crippen LogP contribution in [0.2, 0.25) is 0 Å². The van der Waals surface area contributed by atoms with Gasteiger partial charge in [-0.2, -0.15) is 0 Å². The lowest BCUT2D eigenvalue weighted by Crippen LogP contribution is -2.34. The predicted octanol–water partition coefficient (Wildman–Crippen LogP) is 3.65. The Bertz CT molecular complexity index is 579. The Morgan fingerprint density at radius 2 is 2.24 bits per heavy atom.